The molecule has 0 bridgehead atoms. The maximum absolute atomic E-state index is 11.9. The van der Waals surface area contributed by atoms with Crippen LogP contribution in [0, 0.1) is 0 Å². The number of nitrogens with zero attached hydrogens (tertiary/aromatic N) is 1. The zero-order valence-corrected chi connectivity index (χ0v) is 14.5. The maximum Gasteiger partial charge on any atom is 0.338 e. The van der Waals surface area contributed by atoms with Crippen molar-refractivity contribution in [3.63, 3.8) is 0 Å². The van der Waals surface area contributed by atoms with E-state index in [0.29, 0.717) is 11.5 Å². The van der Waals surface area contributed by atoms with Gasteiger partial charge in [-0.25, -0.2) is 4.79 Å². The average molecular weight is 323 g/mol. The van der Waals surface area contributed by atoms with Crippen molar-refractivity contribution in [2.24, 2.45) is 0 Å². The molecule has 1 aromatic carbocycles. The number of hydrogen-bond acceptors (Lipinski definition) is 3. The first kappa shape index (κ1) is 16.7. The molecular formula is C21H25NO2. The molecule has 0 saturated heterocycles. The average Bonchev–Trinajstić information content (AvgIpc) is 2.65. The standard InChI is InChI=1S/C21H25NO2/c1-3-15-7-10-19-16(5-4-6-17(19)13-15)8-9-18-14-22-12-11-20(18)21(23)24-2/h7,10-14,16H,3-6,8-9H2,1-2H3/t16-/m1/s1. The summed E-state index contributed by atoms with van der Waals surface area (Å²) in [5.74, 6) is 0.300. The van der Waals surface area contributed by atoms with Crippen molar-refractivity contribution in [2.45, 2.75) is 51.4 Å². The fourth-order valence-electron chi connectivity index (χ4n) is 3.75. The quantitative estimate of drug-likeness (QED) is 0.761. The molecule has 0 spiro atoms. The number of fused-ring (bicyclic) bond motifs is 1. The largest absolute Gasteiger partial charge is 0.465 e. The second kappa shape index (κ2) is 7.61. The molecule has 1 aromatic heterocycles. The number of aromatic nitrogens is 1. The third kappa shape index (κ3) is 3.50. The molecule has 3 rings (SSSR count). The second-order valence-corrected chi connectivity index (χ2v) is 6.54. The number of pyridine rings is 1. The predicted octanol–water partition coefficient (Wildman–Crippen LogP) is 4.48. The van der Waals surface area contributed by atoms with Crippen molar-refractivity contribution in [1.82, 2.24) is 4.98 Å². The van der Waals surface area contributed by atoms with Crippen LogP contribution in [0.1, 0.15) is 64.7 Å². The molecule has 1 heterocycles. The van der Waals surface area contributed by atoms with Gasteiger partial charge in [-0.1, -0.05) is 25.1 Å². The van der Waals surface area contributed by atoms with Gasteiger partial charge in [-0.05, 0) is 72.8 Å². The summed E-state index contributed by atoms with van der Waals surface area (Å²) in [6, 6.07) is 8.72. The third-order valence-electron chi connectivity index (χ3n) is 5.13. The van der Waals surface area contributed by atoms with E-state index in [0.717, 1.165) is 24.8 Å². The molecule has 0 amide bonds. The summed E-state index contributed by atoms with van der Waals surface area (Å²) in [6.07, 6.45) is 10.1. The van der Waals surface area contributed by atoms with Gasteiger partial charge in [0.2, 0.25) is 0 Å². The minimum atomic E-state index is -0.274. The Hall–Kier alpha value is -2.16. The summed E-state index contributed by atoms with van der Waals surface area (Å²) >= 11 is 0. The highest BCUT2D eigenvalue weighted by Gasteiger charge is 2.21. The van der Waals surface area contributed by atoms with E-state index in [4.69, 9.17) is 4.74 Å². The number of carbonyl (C=O) groups excluding carboxylic acids is 1. The van der Waals surface area contributed by atoms with E-state index in [9.17, 15) is 4.79 Å². The zero-order chi connectivity index (χ0) is 16.9. The molecule has 0 unspecified atom stereocenters. The molecule has 1 aliphatic rings. The number of aryl methyl sites for hydroxylation is 3. The molecule has 0 fully saturated rings. The van der Waals surface area contributed by atoms with Crippen LogP contribution >= 0.6 is 0 Å². The lowest BCUT2D eigenvalue weighted by molar-refractivity contribution is 0.0599. The number of rotatable bonds is 5. The van der Waals surface area contributed by atoms with Crippen LogP contribution in [0.4, 0.5) is 0 Å². The third-order valence-corrected chi connectivity index (χ3v) is 5.13. The van der Waals surface area contributed by atoms with E-state index in [2.05, 4.69) is 30.1 Å². The van der Waals surface area contributed by atoms with E-state index in [1.807, 2.05) is 0 Å². The summed E-state index contributed by atoms with van der Waals surface area (Å²) in [6.45, 7) is 2.21. The number of methoxy groups -OCH3 is 1. The summed E-state index contributed by atoms with van der Waals surface area (Å²) in [5.41, 5.74) is 6.08. The molecular weight excluding hydrogens is 298 g/mol. The lowest BCUT2D eigenvalue weighted by Crippen LogP contribution is -2.12. The summed E-state index contributed by atoms with van der Waals surface area (Å²) < 4.78 is 4.88. The monoisotopic (exact) mass is 323 g/mol. The molecule has 1 aliphatic carbocycles. The normalized spacial score (nSPS) is 16.5. The van der Waals surface area contributed by atoms with Crippen molar-refractivity contribution >= 4 is 5.97 Å². The van der Waals surface area contributed by atoms with Crippen LogP contribution in [0.15, 0.2) is 36.7 Å². The minimum Gasteiger partial charge on any atom is -0.465 e. The predicted molar refractivity (Wildman–Crippen MR) is 95.4 cm³/mol. The van der Waals surface area contributed by atoms with Gasteiger partial charge < -0.3 is 4.74 Å². The van der Waals surface area contributed by atoms with Crippen LogP contribution < -0.4 is 0 Å². The van der Waals surface area contributed by atoms with Crippen molar-refractivity contribution in [3.8, 4) is 0 Å². The van der Waals surface area contributed by atoms with Crippen molar-refractivity contribution < 1.29 is 9.53 Å². The number of carbonyl (C=O) groups is 1. The first-order valence-corrected chi connectivity index (χ1v) is 8.85. The zero-order valence-electron chi connectivity index (χ0n) is 14.5. The Morgan fingerprint density at radius 3 is 3.00 bits per heavy atom. The van der Waals surface area contributed by atoms with E-state index >= 15 is 0 Å². The number of ether oxygens (including phenoxy) is 1. The van der Waals surface area contributed by atoms with Gasteiger partial charge in [0.25, 0.3) is 0 Å². The van der Waals surface area contributed by atoms with Crippen LogP contribution in [0.3, 0.4) is 0 Å². The van der Waals surface area contributed by atoms with E-state index in [1.165, 1.54) is 43.1 Å². The summed E-state index contributed by atoms with van der Waals surface area (Å²) in [5, 5.41) is 0. The highest BCUT2D eigenvalue weighted by atomic mass is 16.5. The minimum absolute atomic E-state index is 0.274. The SMILES string of the molecule is CCc1ccc2c(c1)CCC[C@@H]2CCc1cnccc1C(=O)OC. The molecule has 24 heavy (non-hydrogen) atoms. The van der Waals surface area contributed by atoms with E-state index in [1.54, 1.807) is 18.5 Å². The number of benzene rings is 1. The Kier molecular flexibility index (Phi) is 5.29. The van der Waals surface area contributed by atoms with Gasteiger partial charge in [0.15, 0.2) is 0 Å². The molecule has 3 heteroatoms. The van der Waals surface area contributed by atoms with Gasteiger partial charge in [-0.2, -0.15) is 0 Å². The van der Waals surface area contributed by atoms with Crippen molar-refractivity contribution in [3.05, 3.63) is 64.5 Å². The highest BCUT2D eigenvalue weighted by molar-refractivity contribution is 5.90. The number of esters is 1. The Bertz CT molecular complexity index is 724. The van der Waals surface area contributed by atoms with Crippen LogP contribution in [0.5, 0.6) is 0 Å². The lowest BCUT2D eigenvalue weighted by Gasteiger charge is -2.26. The maximum atomic E-state index is 11.9. The Morgan fingerprint density at radius 1 is 1.33 bits per heavy atom. The highest BCUT2D eigenvalue weighted by Crippen LogP contribution is 2.35. The Balaban J connectivity index is 1.76. The Labute approximate surface area is 144 Å². The Morgan fingerprint density at radius 2 is 2.21 bits per heavy atom. The fourth-order valence-corrected chi connectivity index (χ4v) is 3.75. The molecule has 0 saturated carbocycles. The van der Waals surface area contributed by atoms with Gasteiger partial charge in [0.1, 0.15) is 0 Å². The van der Waals surface area contributed by atoms with Crippen molar-refractivity contribution in [1.29, 1.82) is 0 Å². The fraction of sp³-hybridized carbons (Fsp3) is 0.429. The van der Waals surface area contributed by atoms with Crippen LogP contribution in [0.25, 0.3) is 0 Å². The van der Waals surface area contributed by atoms with E-state index in [-0.39, 0.29) is 5.97 Å². The van der Waals surface area contributed by atoms with Gasteiger partial charge in [0, 0.05) is 12.4 Å². The second-order valence-electron chi connectivity index (χ2n) is 6.54. The van der Waals surface area contributed by atoms with Gasteiger partial charge in [0.05, 0.1) is 12.7 Å². The van der Waals surface area contributed by atoms with E-state index < -0.39 is 0 Å². The molecule has 3 nitrogen and oxygen atoms in total. The smallest absolute Gasteiger partial charge is 0.338 e. The van der Waals surface area contributed by atoms with Crippen LogP contribution in [0.2, 0.25) is 0 Å². The first-order chi connectivity index (χ1) is 11.7. The molecule has 1 atom stereocenters. The van der Waals surface area contributed by atoms with Crippen LogP contribution in [-0.2, 0) is 24.0 Å². The van der Waals surface area contributed by atoms with Gasteiger partial charge in [-0.3, -0.25) is 4.98 Å². The van der Waals surface area contributed by atoms with Crippen molar-refractivity contribution in [2.75, 3.05) is 7.11 Å². The van der Waals surface area contributed by atoms with Gasteiger partial charge in [-0.15, -0.1) is 0 Å². The lowest BCUT2D eigenvalue weighted by atomic mass is 9.79. The summed E-state index contributed by atoms with van der Waals surface area (Å²) in [4.78, 5) is 16.1. The molecule has 0 radical (unpaired) electrons. The topological polar surface area (TPSA) is 39.2 Å². The van der Waals surface area contributed by atoms with Crippen LogP contribution in [-0.4, -0.2) is 18.1 Å². The number of hydrogen-bond donors (Lipinski definition) is 0. The van der Waals surface area contributed by atoms with Gasteiger partial charge >= 0.3 is 5.97 Å². The first-order valence-electron chi connectivity index (χ1n) is 8.85. The molecule has 0 N–H and O–H groups in total. The molecule has 2 aromatic rings. The summed E-state index contributed by atoms with van der Waals surface area (Å²) in [7, 11) is 1.43. The molecule has 0 aliphatic heterocycles. The molecule has 126 valence electrons.